The number of nitrogens with zero attached hydrogens (tertiary/aromatic N) is 1. The fourth-order valence-corrected chi connectivity index (χ4v) is 3.19. The second-order valence-electron chi connectivity index (χ2n) is 6.36. The Hall–Kier alpha value is -3.35. The lowest BCUT2D eigenvalue weighted by Gasteiger charge is -2.24. The minimum atomic E-state index is -0.775. The first-order chi connectivity index (χ1) is 13.4. The average Bonchev–Trinajstić information content (AvgIpc) is 2.92. The van der Waals surface area contributed by atoms with E-state index in [1.807, 2.05) is 6.92 Å². The lowest BCUT2D eigenvalue weighted by molar-refractivity contribution is -0.128. The number of carbonyl (C=O) groups is 2. The van der Waals surface area contributed by atoms with Crippen LogP contribution in [0.3, 0.4) is 0 Å². The predicted octanol–water partition coefficient (Wildman–Crippen LogP) is 2.87. The number of hydrogen-bond donors (Lipinski definition) is 2. The molecule has 1 atom stereocenters. The first kappa shape index (κ1) is 19.4. The van der Waals surface area contributed by atoms with Crippen LogP contribution in [0.1, 0.15) is 24.1 Å². The molecule has 0 aliphatic carbocycles. The second-order valence-corrected chi connectivity index (χ2v) is 6.36. The predicted molar refractivity (Wildman–Crippen MR) is 101 cm³/mol. The fourth-order valence-electron chi connectivity index (χ4n) is 3.19. The maximum Gasteiger partial charge on any atom is 0.289 e. The molecule has 2 aromatic carbocycles. The number of halogens is 1. The smallest absolute Gasteiger partial charge is 0.289 e. The molecule has 7 heteroatoms. The van der Waals surface area contributed by atoms with Crippen LogP contribution in [-0.2, 0) is 16.1 Å². The van der Waals surface area contributed by atoms with Crippen molar-refractivity contribution < 1.29 is 23.8 Å². The molecule has 3 rings (SSSR count). The molecule has 2 aromatic rings. The average molecular weight is 384 g/mol. The number of aliphatic hydroxyl groups is 1. The van der Waals surface area contributed by atoms with Crippen molar-refractivity contribution >= 4 is 11.8 Å². The molecular formula is C21H21FN2O4. The summed E-state index contributed by atoms with van der Waals surface area (Å²) in [6.45, 7) is 2.39. The highest BCUT2D eigenvalue weighted by Gasteiger charge is 2.42. The van der Waals surface area contributed by atoms with E-state index in [0.717, 1.165) is 0 Å². The molecule has 0 radical (unpaired) electrons. The number of benzene rings is 2. The van der Waals surface area contributed by atoms with Crippen LogP contribution in [0.2, 0.25) is 0 Å². The Morgan fingerprint density at radius 1 is 1.21 bits per heavy atom. The highest BCUT2D eigenvalue weighted by molar-refractivity contribution is 6.08. The molecular weight excluding hydrogens is 363 g/mol. The Morgan fingerprint density at radius 3 is 2.57 bits per heavy atom. The van der Waals surface area contributed by atoms with Crippen LogP contribution >= 0.6 is 0 Å². The van der Waals surface area contributed by atoms with Crippen molar-refractivity contribution in [2.75, 3.05) is 13.7 Å². The summed E-state index contributed by atoms with van der Waals surface area (Å²) in [5.74, 6) is -1.63. The zero-order chi connectivity index (χ0) is 20.3. The van der Waals surface area contributed by atoms with Gasteiger partial charge in [-0.1, -0.05) is 30.3 Å². The van der Waals surface area contributed by atoms with Crippen LogP contribution < -0.4 is 10.1 Å². The summed E-state index contributed by atoms with van der Waals surface area (Å²) in [5, 5.41) is 13.0. The maximum atomic E-state index is 13.0. The van der Waals surface area contributed by atoms with E-state index in [0.29, 0.717) is 23.5 Å². The monoisotopic (exact) mass is 384 g/mol. The van der Waals surface area contributed by atoms with Crippen LogP contribution in [-0.4, -0.2) is 35.5 Å². The lowest BCUT2D eigenvalue weighted by atomic mass is 9.98. The summed E-state index contributed by atoms with van der Waals surface area (Å²) in [5.41, 5.74) is 1.26. The van der Waals surface area contributed by atoms with Crippen molar-refractivity contribution in [1.82, 2.24) is 10.2 Å². The summed E-state index contributed by atoms with van der Waals surface area (Å²) < 4.78 is 18.7. The Balaban J connectivity index is 1.89. The molecule has 1 aliphatic heterocycles. The normalized spacial score (nSPS) is 16.5. The van der Waals surface area contributed by atoms with Crippen molar-refractivity contribution in [3.05, 3.63) is 76.8 Å². The number of rotatable bonds is 6. The van der Waals surface area contributed by atoms with Gasteiger partial charge in [0, 0.05) is 19.2 Å². The van der Waals surface area contributed by atoms with E-state index in [1.54, 1.807) is 36.4 Å². The fraction of sp³-hybridized carbons (Fsp3) is 0.238. The van der Waals surface area contributed by atoms with E-state index in [-0.39, 0.29) is 17.9 Å². The number of carbonyl (C=O) groups excluding carboxylic acids is 2. The van der Waals surface area contributed by atoms with Gasteiger partial charge in [-0.25, -0.2) is 4.39 Å². The number of ether oxygens (including phenoxy) is 1. The standard InChI is InChI=1S/C21H21FN2O4/c1-3-28-16-7-5-4-6-15(16)18-17(19(25)21(27)24(18)2)20(26)23-12-13-8-10-14(22)11-9-13/h4-11,18,25H,3,12H2,1-2H3,(H,23,26). The van der Waals surface area contributed by atoms with Gasteiger partial charge in [0.15, 0.2) is 5.76 Å². The maximum absolute atomic E-state index is 13.0. The lowest BCUT2D eigenvalue weighted by Crippen LogP contribution is -2.31. The molecule has 0 aromatic heterocycles. The molecule has 0 spiro atoms. The SMILES string of the molecule is CCOc1ccccc1C1C(C(=O)NCc2ccc(F)cc2)=C(O)C(=O)N1C. The van der Waals surface area contributed by atoms with Gasteiger partial charge in [-0.2, -0.15) is 0 Å². The molecule has 146 valence electrons. The number of aliphatic hydroxyl groups excluding tert-OH is 1. The Morgan fingerprint density at radius 2 is 1.89 bits per heavy atom. The summed E-state index contributed by atoms with van der Waals surface area (Å²) >= 11 is 0. The quantitative estimate of drug-likeness (QED) is 0.803. The molecule has 0 fully saturated rings. The third-order valence-electron chi connectivity index (χ3n) is 4.56. The van der Waals surface area contributed by atoms with Gasteiger partial charge >= 0.3 is 0 Å². The highest BCUT2D eigenvalue weighted by atomic mass is 19.1. The van der Waals surface area contributed by atoms with Crippen molar-refractivity contribution in [3.63, 3.8) is 0 Å². The number of para-hydroxylation sites is 1. The molecule has 1 heterocycles. The van der Waals surface area contributed by atoms with Gasteiger partial charge in [-0.05, 0) is 30.7 Å². The molecule has 1 unspecified atom stereocenters. The van der Waals surface area contributed by atoms with Crippen LogP contribution in [0.4, 0.5) is 4.39 Å². The Bertz CT molecular complexity index is 924. The largest absolute Gasteiger partial charge is 0.503 e. The van der Waals surface area contributed by atoms with Crippen molar-refractivity contribution in [2.24, 2.45) is 0 Å². The van der Waals surface area contributed by atoms with Gasteiger partial charge in [0.05, 0.1) is 18.2 Å². The first-order valence-corrected chi connectivity index (χ1v) is 8.88. The number of likely N-dealkylation sites (N-methyl/N-ethyl adjacent to an activating group) is 1. The zero-order valence-corrected chi connectivity index (χ0v) is 15.6. The topological polar surface area (TPSA) is 78.9 Å². The van der Waals surface area contributed by atoms with Gasteiger partial charge in [0.25, 0.3) is 11.8 Å². The molecule has 1 aliphatic rings. The van der Waals surface area contributed by atoms with Gasteiger partial charge in [0.2, 0.25) is 0 Å². The van der Waals surface area contributed by atoms with Gasteiger partial charge in [-0.15, -0.1) is 0 Å². The molecule has 0 saturated carbocycles. The number of hydrogen-bond acceptors (Lipinski definition) is 4. The molecule has 0 saturated heterocycles. The van der Waals surface area contributed by atoms with E-state index < -0.39 is 23.6 Å². The minimum absolute atomic E-state index is 0.0400. The van der Waals surface area contributed by atoms with Crippen molar-refractivity contribution in [1.29, 1.82) is 0 Å². The van der Waals surface area contributed by atoms with Crippen LogP contribution in [0.5, 0.6) is 5.75 Å². The van der Waals surface area contributed by atoms with Crippen molar-refractivity contribution in [2.45, 2.75) is 19.5 Å². The highest BCUT2D eigenvalue weighted by Crippen LogP contribution is 2.40. The summed E-state index contributed by atoms with van der Waals surface area (Å²) in [7, 11) is 1.52. The summed E-state index contributed by atoms with van der Waals surface area (Å²) in [6, 6.07) is 12.0. The summed E-state index contributed by atoms with van der Waals surface area (Å²) in [4.78, 5) is 26.5. The van der Waals surface area contributed by atoms with Gasteiger partial charge in [0.1, 0.15) is 11.6 Å². The minimum Gasteiger partial charge on any atom is -0.503 e. The van der Waals surface area contributed by atoms with Gasteiger partial charge in [-0.3, -0.25) is 9.59 Å². The van der Waals surface area contributed by atoms with E-state index >= 15 is 0 Å². The summed E-state index contributed by atoms with van der Waals surface area (Å²) in [6.07, 6.45) is 0. The molecule has 0 bridgehead atoms. The van der Waals surface area contributed by atoms with Crippen LogP contribution in [0.25, 0.3) is 0 Å². The Kier molecular flexibility index (Phi) is 5.63. The number of nitrogens with one attached hydrogen (secondary N) is 1. The van der Waals surface area contributed by atoms with Crippen molar-refractivity contribution in [3.8, 4) is 5.75 Å². The van der Waals surface area contributed by atoms with E-state index in [2.05, 4.69) is 5.32 Å². The molecule has 28 heavy (non-hydrogen) atoms. The third-order valence-corrected chi connectivity index (χ3v) is 4.56. The first-order valence-electron chi connectivity index (χ1n) is 8.88. The molecule has 2 amide bonds. The van der Waals surface area contributed by atoms with E-state index in [4.69, 9.17) is 4.74 Å². The third kappa shape index (κ3) is 3.69. The number of amides is 2. The van der Waals surface area contributed by atoms with Crippen LogP contribution in [0, 0.1) is 5.82 Å². The van der Waals surface area contributed by atoms with Crippen LogP contribution in [0.15, 0.2) is 59.9 Å². The molecule has 2 N–H and O–H groups in total. The Labute approximate surface area is 162 Å². The van der Waals surface area contributed by atoms with E-state index in [1.165, 1.54) is 24.1 Å². The zero-order valence-electron chi connectivity index (χ0n) is 15.6. The van der Waals surface area contributed by atoms with Gasteiger partial charge < -0.3 is 20.1 Å². The van der Waals surface area contributed by atoms with E-state index in [9.17, 15) is 19.1 Å². The molecule has 6 nitrogen and oxygen atoms in total. The second kappa shape index (κ2) is 8.12.